The van der Waals surface area contributed by atoms with Crippen molar-refractivity contribution in [2.75, 3.05) is 17.3 Å². The molecule has 17 heteroatoms. The maximum Gasteiger partial charge on any atom is 0.352 e. The van der Waals surface area contributed by atoms with Gasteiger partial charge in [0.1, 0.15) is 17.1 Å². The monoisotopic (exact) mass is 802 g/mol. The van der Waals surface area contributed by atoms with E-state index >= 15 is 0 Å². The number of β-lactam (4-membered cyclic amide) rings is 1. The molecule has 2 aliphatic heterocycles. The van der Waals surface area contributed by atoms with E-state index in [-0.39, 0.29) is 23.8 Å². The summed E-state index contributed by atoms with van der Waals surface area (Å²) in [6.07, 6.45) is -0.0992. The number of aryl methyl sites for hydroxylation is 3. The number of aliphatic hydroxyl groups is 1. The molecule has 2 aromatic heterocycles. The molecule has 0 bridgehead atoms. The number of hydrogen-bond donors (Lipinski definition) is 4. The molecule has 1 saturated heterocycles. The highest BCUT2D eigenvalue weighted by Crippen LogP contribution is 2.42. The van der Waals surface area contributed by atoms with E-state index in [4.69, 9.17) is 39.9 Å². The van der Waals surface area contributed by atoms with Gasteiger partial charge < -0.3 is 20.6 Å². The summed E-state index contributed by atoms with van der Waals surface area (Å²) in [7, 11) is 0. The second kappa shape index (κ2) is 16.7. The van der Waals surface area contributed by atoms with E-state index in [0.717, 1.165) is 21.2 Å². The van der Waals surface area contributed by atoms with Crippen molar-refractivity contribution < 1.29 is 39.1 Å². The number of nitrogens with zero attached hydrogens (tertiary/aromatic N) is 2. The highest BCUT2D eigenvalue weighted by atomic mass is 35.5. The third kappa shape index (κ3) is 9.28. The fraction of sp³-hybridized carbons (Fsp3) is 0.344. The summed E-state index contributed by atoms with van der Waals surface area (Å²) in [5.74, 6) is -2.65. The summed E-state index contributed by atoms with van der Waals surface area (Å²) >= 11 is 23.9. The molecule has 2 aliphatic rings. The van der Waals surface area contributed by atoms with E-state index in [9.17, 15) is 29.4 Å². The van der Waals surface area contributed by atoms with Gasteiger partial charge in [-0.25, -0.2) is 9.59 Å². The van der Waals surface area contributed by atoms with E-state index in [0.29, 0.717) is 55.7 Å². The zero-order valence-electron chi connectivity index (χ0n) is 25.9. The van der Waals surface area contributed by atoms with E-state index < -0.39 is 35.4 Å². The summed E-state index contributed by atoms with van der Waals surface area (Å²) < 4.78 is 2.68. The molecule has 49 heavy (non-hydrogen) atoms. The Hall–Kier alpha value is -2.43. The minimum absolute atomic E-state index is 0.00440. The van der Waals surface area contributed by atoms with Crippen molar-refractivity contribution >= 4 is 105 Å². The molecule has 0 aliphatic carbocycles. The second-order valence-corrected chi connectivity index (χ2v) is 17.0. The lowest BCUT2D eigenvalue weighted by Crippen LogP contribution is -2.70. The number of pyridine rings is 1. The average molecular weight is 804 g/mol. The first-order valence-electron chi connectivity index (χ1n) is 14.9. The Labute approximate surface area is 314 Å². The number of fused-ring (bicyclic) bond motifs is 1. The van der Waals surface area contributed by atoms with Crippen molar-refractivity contribution in [2.45, 2.75) is 60.0 Å². The van der Waals surface area contributed by atoms with Crippen LogP contribution >= 0.6 is 81.4 Å². The lowest BCUT2D eigenvalue weighted by atomic mass is 10.0. The number of aliphatic carboxylic acids is 2. The predicted octanol–water partition coefficient (Wildman–Crippen LogP) is 5.55. The predicted molar refractivity (Wildman–Crippen MR) is 194 cm³/mol. The van der Waals surface area contributed by atoms with Crippen LogP contribution in [-0.2, 0) is 38.6 Å². The summed E-state index contributed by atoms with van der Waals surface area (Å²) in [6, 6.07) is 11.8. The van der Waals surface area contributed by atoms with Crippen LogP contribution in [0.1, 0.15) is 22.7 Å². The van der Waals surface area contributed by atoms with Gasteiger partial charge in [0.2, 0.25) is 5.91 Å². The number of benzene rings is 1. The van der Waals surface area contributed by atoms with Gasteiger partial charge in [0.15, 0.2) is 24.0 Å². The molecule has 0 radical (unpaired) electrons. The standard InChI is InChI=1S/C32H30Cl3N3O7S4/c1-16-10-21(12-19(3-4-20-5-7-25(35)49-20)37(16)9-8-23(39)31(42)43)46-13-17-14-48-30-27(29(41)38(30)28(17)32(44)45)36-26(40)15-47-24-11-18(33)2-6-22(24)34/h2,5-7,10-12,23,27,30,39H,3-4,8-9,13-15H2,1H3,(H2-,36,40,42,43,44,45)/p+1/t23-,27-,30-/m1/s1. The lowest BCUT2D eigenvalue weighted by Gasteiger charge is -2.49. The van der Waals surface area contributed by atoms with Crippen LogP contribution in [0.2, 0.25) is 14.4 Å². The van der Waals surface area contributed by atoms with E-state index in [1.165, 1.54) is 51.5 Å². The van der Waals surface area contributed by atoms with Crippen molar-refractivity contribution in [1.29, 1.82) is 0 Å². The number of thioether (sulfide) groups is 3. The molecule has 1 fully saturated rings. The maximum atomic E-state index is 13.2. The van der Waals surface area contributed by atoms with Gasteiger partial charge in [0, 0.05) is 63.1 Å². The maximum absolute atomic E-state index is 13.2. The molecular formula is C32H31Cl3N3O7S4+. The number of carboxylic acids is 2. The van der Waals surface area contributed by atoms with Crippen LogP contribution in [0.4, 0.5) is 0 Å². The van der Waals surface area contributed by atoms with E-state index in [2.05, 4.69) is 5.32 Å². The molecule has 0 saturated carbocycles. The summed E-state index contributed by atoms with van der Waals surface area (Å²) in [6.45, 7) is 2.21. The molecule has 1 aromatic carbocycles. The van der Waals surface area contributed by atoms with E-state index in [1.54, 1.807) is 18.2 Å². The molecule has 0 unspecified atom stereocenters. The number of aliphatic hydroxyl groups excluding tert-OH is 1. The quantitative estimate of drug-likeness (QED) is 0.0877. The van der Waals surface area contributed by atoms with Crippen LogP contribution in [0.25, 0.3) is 0 Å². The third-order valence-electron chi connectivity index (χ3n) is 7.83. The Morgan fingerprint density at radius 1 is 1.08 bits per heavy atom. The second-order valence-electron chi connectivity index (χ2n) is 11.2. The summed E-state index contributed by atoms with van der Waals surface area (Å²) in [5.41, 5.74) is 2.32. The average Bonchev–Trinajstić information content (AvgIpc) is 3.48. The van der Waals surface area contributed by atoms with Crippen molar-refractivity contribution in [1.82, 2.24) is 10.2 Å². The minimum Gasteiger partial charge on any atom is -0.479 e. The largest absolute Gasteiger partial charge is 0.479 e. The van der Waals surface area contributed by atoms with Gasteiger partial charge in [-0.2, -0.15) is 4.57 Å². The molecule has 260 valence electrons. The fourth-order valence-electron chi connectivity index (χ4n) is 5.43. The Balaban J connectivity index is 1.27. The number of carbonyl (C=O) groups excluding carboxylic acids is 2. The normalized spacial score (nSPS) is 17.8. The highest BCUT2D eigenvalue weighted by molar-refractivity contribution is 8.01. The van der Waals surface area contributed by atoms with Crippen molar-refractivity contribution in [3.63, 3.8) is 0 Å². The number of hydrogen-bond acceptors (Lipinski definition) is 9. The molecule has 0 spiro atoms. The number of carbonyl (C=O) groups is 4. The smallest absolute Gasteiger partial charge is 0.352 e. The van der Waals surface area contributed by atoms with Crippen molar-refractivity contribution in [2.24, 2.45) is 0 Å². The molecule has 2 amide bonds. The SMILES string of the molecule is Cc1cc(SCC2=C(C(=O)O)N3C(=O)[C@@H](NC(=O)CSc4cc(Cl)ccc4Cl)[C@H]3SC2)cc(CCc2ccc(Cl)s2)[n+]1CC[C@@H](O)C(=O)O. The first kappa shape index (κ1) is 37.8. The molecule has 3 atom stereocenters. The van der Waals surface area contributed by atoms with Gasteiger partial charge in [0.05, 0.1) is 15.1 Å². The fourth-order valence-corrected chi connectivity index (χ4v) is 10.3. The highest BCUT2D eigenvalue weighted by Gasteiger charge is 2.54. The van der Waals surface area contributed by atoms with Gasteiger partial charge >= 0.3 is 11.9 Å². The van der Waals surface area contributed by atoms with Crippen LogP contribution in [0.15, 0.2) is 63.5 Å². The summed E-state index contributed by atoms with van der Waals surface area (Å²) in [4.78, 5) is 53.5. The number of rotatable bonds is 15. The van der Waals surface area contributed by atoms with Gasteiger partial charge in [-0.15, -0.1) is 46.6 Å². The minimum atomic E-state index is -1.48. The van der Waals surface area contributed by atoms with E-state index in [1.807, 2.05) is 35.8 Å². The van der Waals surface area contributed by atoms with Crippen LogP contribution in [0.5, 0.6) is 0 Å². The zero-order chi connectivity index (χ0) is 35.4. The molecule has 3 aromatic rings. The number of aromatic nitrogens is 1. The number of carboxylic acid groups (broad SMARTS) is 2. The van der Waals surface area contributed by atoms with Gasteiger partial charge in [0.25, 0.3) is 5.91 Å². The Morgan fingerprint density at radius 2 is 1.86 bits per heavy atom. The molecular weight excluding hydrogens is 773 g/mol. The van der Waals surface area contributed by atoms with Crippen LogP contribution in [-0.4, -0.2) is 78.8 Å². The number of nitrogens with one attached hydrogen (secondary N) is 1. The molecule has 4 heterocycles. The zero-order valence-corrected chi connectivity index (χ0v) is 31.4. The first-order chi connectivity index (χ1) is 23.3. The Kier molecular flexibility index (Phi) is 12.9. The van der Waals surface area contributed by atoms with Crippen molar-refractivity contribution in [3.8, 4) is 0 Å². The molecule has 4 N–H and O–H groups in total. The topological polar surface area (TPSA) is 148 Å². The van der Waals surface area contributed by atoms with Gasteiger partial charge in [-0.05, 0) is 42.3 Å². The third-order valence-corrected chi connectivity index (χ3v) is 13.3. The lowest BCUT2D eigenvalue weighted by molar-refractivity contribution is -0.711. The first-order valence-corrected chi connectivity index (χ1v) is 19.9. The Morgan fingerprint density at radius 3 is 2.55 bits per heavy atom. The number of halogens is 3. The molecule has 10 nitrogen and oxygen atoms in total. The molecule has 5 rings (SSSR count). The number of thiophene rings is 1. The van der Waals surface area contributed by atoms with Gasteiger partial charge in [-0.3, -0.25) is 14.5 Å². The summed E-state index contributed by atoms with van der Waals surface area (Å²) in [5, 5.41) is 32.4. The van der Waals surface area contributed by atoms with Gasteiger partial charge in [-0.1, -0.05) is 34.8 Å². The van der Waals surface area contributed by atoms with Crippen LogP contribution in [0, 0.1) is 6.92 Å². The number of amides is 2. The van der Waals surface area contributed by atoms with Crippen molar-refractivity contribution in [3.05, 3.63) is 84.4 Å². The van der Waals surface area contributed by atoms with Crippen LogP contribution < -0.4 is 9.88 Å². The van der Waals surface area contributed by atoms with Crippen LogP contribution in [0.3, 0.4) is 0 Å². The Bertz CT molecular complexity index is 1820.